The third-order valence-corrected chi connectivity index (χ3v) is 4.34. The number of carbonyl (C=O) groups is 2. The van der Waals surface area contributed by atoms with Crippen LogP contribution in [0.1, 0.15) is 26.2 Å². The topological polar surface area (TPSA) is 73.5 Å². The first-order valence-electron chi connectivity index (χ1n) is 8.61. The van der Waals surface area contributed by atoms with Crippen LogP contribution in [0, 0.1) is 5.92 Å². The van der Waals surface area contributed by atoms with E-state index in [0.29, 0.717) is 17.9 Å². The van der Waals surface area contributed by atoms with Crippen molar-refractivity contribution in [3.8, 4) is 0 Å². The van der Waals surface area contributed by atoms with E-state index < -0.39 is 0 Å². The molecule has 0 spiro atoms. The number of anilines is 2. The molecule has 0 unspecified atom stereocenters. The van der Waals surface area contributed by atoms with Gasteiger partial charge in [0.25, 0.3) is 0 Å². The Morgan fingerprint density at radius 3 is 2.40 bits per heavy atom. The van der Waals surface area contributed by atoms with Crippen molar-refractivity contribution in [2.45, 2.75) is 26.2 Å². The van der Waals surface area contributed by atoms with E-state index in [1.54, 1.807) is 12.1 Å². The molecule has 1 aromatic carbocycles. The number of nitrogens with one attached hydrogen (secondary N) is 3. The summed E-state index contributed by atoms with van der Waals surface area (Å²) in [5.74, 6) is 0.634. The van der Waals surface area contributed by atoms with Gasteiger partial charge in [-0.1, -0.05) is 6.07 Å². The van der Waals surface area contributed by atoms with E-state index in [0.717, 1.165) is 38.4 Å². The van der Waals surface area contributed by atoms with Gasteiger partial charge in [-0.05, 0) is 70.1 Å². The number of halogens is 1. The molecule has 2 amide bonds. The maximum absolute atomic E-state index is 12.2. The minimum absolute atomic E-state index is 0. The molecule has 1 aliphatic heterocycles. The summed E-state index contributed by atoms with van der Waals surface area (Å²) >= 11 is 0. The molecule has 25 heavy (non-hydrogen) atoms. The number of piperidine rings is 1. The van der Waals surface area contributed by atoms with Crippen LogP contribution in [0.4, 0.5) is 11.4 Å². The Kier molecular flexibility index (Phi) is 9.49. The maximum atomic E-state index is 12.2. The van der Waals surface area contributed by atoms with Crippen molar-refractivity contribution in [2.24, 2.45) is 5.92 Å². The first-order chi connectivity index (χ1) is 11.6. The van der Waals surface area contributed by atoms with Gasteiger partial charge in [-0.3, -0.25) is 14.5 Å². The summed E-state index contributed by atoms with van der Waals surface area (Å²) in [6.07, 6.45) is 3.53. The highest BCUT2D eigenvalue weighted by atomic mass is 35.5. The molecule has 0 aliphatic carbocycles. The molecule has 1 saturated heterocycles. The van der Waals surface area contributed by atoms with E-state index >= 15 is 0 Å². The molecule has 0 bridgehead atoms. The van der Waals surface area contributed by atoms with Gasteiger partial charge in [0, 0.05) is 18.3 Å². The predicted octanol–water partition coefficient (Wildman–Crippen LogP) is 2.33. The summed E-state index contributed by atoms with van der Waals surface area (Å²) < 4.78 is 0. The quantitative estimate of drug-likeness (QED) is 0.690. The summed E-state index contributed by atoms with van der Waals surface area (Å²) in [5, 5.41) is 8.82. The Bertz CT molecular complexity index is 560. The van der Waals surface area contributed by atoms with Crippen molar-refractivity contribution < 1.29 is 9.59 Å². The van der Waals surface area contributed by atoms with Gasteiger partial charge in [-0.15, -0.1) is 12.4 Å². The molecule has 7 heteroatoms. The number of rotatable bonds is 7. The monoisotopic (exact) mass is 368 g/mol. The highest BCUT2D eigenvalue weighted by Crippen LogP contribution is 2.20. The molecule has 1 heterocycles. The predicted molar refractivity (Wildman–Crippen MR) is 104 cm³/mol. The van der Waals surface area contributed by atoms with E-state index in [1.807, 2.05) is 19.2 Å². The third kappa shape index (κ3) is 7.86. The average Bonchev–Trinajstić information content (AvgIpc) is 2.54. The molecule has 2 rings (SSSR count). The molecule has 0 radical (unpaired) electrons. The molecule has 1 fully saturated rings. The highest BCUT2D eigenvalue weighted by molar-refractivity contribution is 5.94. The summed E-state index contributed by atoms with van der Waals surface area (Å²) in [5.41, 5.74) is 1.39. The van der Waals surface area contributed by atoms with E-state index in [9.17, 15) is 9.59 Å². The van der Waals surface area contributed by atoms with Crippen molar-refractivity contribution in [2.75, 3.05) is 43.9 Å². The van der Waals surface area contributed by atoms with Crippen molar-refractivity contribution >= 4 is 35.6 Å². The molecule has 0 atom stereocenters. The SMILES string of the molecule is CNCCC1CCN(CC(=O)Nc2cccc(NC(C)=O)c2)CC1.Cl. The van der Waals surface area contributed by atoms with Gasteiger partial charge in [0.05, 0.1) is 6.54 Å². The van der Waals surface area contributed by atoms with Crippen LogP contribution >= 0.6 is 12.4 Å². The lowest BCUT2D eigenvalue weighted by atomic mass is 9.93. The average molecular weight is 369 g/mol. The molecule has 6 nitrogen and oxygen atoms in total. The molecule has 0 saturated carbocycles. The zero-order chi connectivity index (χ0) is 17.4. The zero-order valence-electron chi connectivity index (χ0n) is 15.0. The van der Waals surface area contributed by atoms with Crippen LogP contribution in [0.5, 0.6) is 0 Å². The number of benzene rings is 1. The van der Waals surface area contributed by atoms with Crippen LogP contribution in [-0.2, 0) is 9.59 Å². The van der Waals surface area contributed by atoms with Gasteiger partial charge < -0.3 is 16.0 Å². The molecular formula is C18H29ClN4O2. The largest absolute Gasteiger partial charge is 0.326 e. The van der Waals surface area contributed by atoms with Crippen molar-refractivity contribution in [3.05, 3.63) is 24.3 Å². The van der Waals surface area contributed by atoms with Crippen molar-refractivity contribution in [1.29, 1.82) is 0 Å². The lowest BCUT2D eigenvalue weighted by molar-refractivity contribution is -0.117. The summed E-state index contributed by atoms with van der Waals surface area (Å²) in [6.45, 7) is 4.91. The first-order valence-corrected chi connectivity index (χ1v) is 8.61. The first kappa shape index (κ1) is 21.4. The standard InChI is InChI=1S/C18H28N4O2.ClH/c1-14(23)20-16-4-3-5-17(12-16)21-18(24)13-22-10-7-15(8-11-22)6-9-19-2;/h3-5,12,15,19H,6-11,13H2,1-2H3,(H,20,23)(H,21,24);1H. The minimum Gasteiger partial charge on any atom is -0.326 e. The van der Waals surface area contributed by atoms with E-state index in [4.69, 9.17) is 0 Å². The van der Waals surface area contributed by atoms with Crippen LogP contribution < -0.4 is 16.0 Å². The van der Waals surface area contributed by atoms with Gasteiger partial charge in [0.15, 0.2) is 0 Å². The molecule has 3 N–H and O–H groups in total. The smallest absolute Gasteiger partial charge is 0.238 e. The second kappa shape index (κ2) is 11.1. The van der Waals surface area contributed by atoms with Crippen LogP contribution in [0.2, 0.25) is 0 Å². The van der Waals surface area contributed by atoms with E-state index in [-0.39, 0.29) is 24.2 Å². The second-order valence-corrected chi connectivity index (χ2v) is 6.42. The Morgan fingerprint density at radius 1 is 1.16 bits per heavy atom. The highest BCUT2D eigenvalue weighted by Gasteiger charge is 2.20. The zero-order valence-corrected chi connectivity index (χ0v) is 15.8. The Labute approximate surface area is 156 Å². The van der Waals surface area contributed by atoms with Crippen LogP contribution in [0.15, 0.2) is 24.3 Å². The molecule has 1 aliphatic rings. The van der Waals surface area contributed by atoms with Crippen molar-refractivity contribution in [1.82, 2.24) is 10.2 Å². The fourth-order valence-electron chi connectivity index (χ4n) is 3.06. The number of hydrogen-bond donors (Lipinski definition) is 3. The van der Waals surface area contributed by atoms with Gasteiger partial charge in [0.2, 0.25) is 11.8 Å². The Morgan fingerprint density at radius 2 is 1.80 bits per heavy atom. The number of nitrogens with zero attached hydrogens (tertiary/aromatic N) is 1. The minimum atomic E-state index is -0.125. The lowest BCUT2D eigenvalue weighted by Gasteiger charge is -2.31. The van der Waals surface area contributed by atoms with Crippen LogP contribution in [0.25, 0.3) is 0 Å². The number of likely N-dealkylation sites (tertiary alicyclic amines) is 1. The summed E-state index contributed by atoms with van der Waals surface area (Å²) in [7, 11) is 1.99. The van der Waals surface area contributed by atoms with Gasteiger partial charge >= 0.3 is 0 Å². The number of hydrogen-bond acceptors (Lipinski definition) is 4. The van der Waals surface area contributed by atoms with E-state index in [2.05, 4.69) is 20.9 Å². The molecule has 140 valence electrons. The van der Waals surface area contributed by atoms with E-state index in [1.165, 1.54) is 13.3 Å². The van der Waals surface area contributed by atoms with Gasteiger partial charge in [-0.25, -0.2) is 0 Å². The van der Waals surface area contributed by atoms with Crippen molar-refractivity contribution in [3.63, 3.8) is 0 Å². The van der Waals surface area contributed by atoms with Crippen LogP contribution in [-0.4, -0.2) is 49.9 Å². The lowest BCUT2D eigenvalue weighted by Crippen LogP contribution is -2.39. The fraction of sp³-hybridized carbons (Fsp3) is 0.556. The Balaban J connectivity index is 0.00000312. The van der Waals surface area contributed by atoms with Gasteiger partial charge in [0.1, 0.15) is 0 Å². The molecule has 1 aromatic rings. The normalized spacial score (nSPS) is 15.3. The molecule has 0 aromatic heterocycles. The third-order valence-electron chi connectivity index (χ3n) is 4.34. The fourth-order valence-corrected chi connectivity index (χ4v) is 3.06. The van der Waals surface area contributed by atoms with Crippen LogP contribution in [0.3, 0.4) is 0 Å². The number of amides is 2. The number of carbonyl (C=O) groups excluding carboxylic acids is 2. The summed E-state index contributed by atoms with van der Waals surface area (Å²) in [6, 6.07) is 7.21. The summed E-state index contributed by atoms with van der Waals surface area (Å²) in [4.78, 5) is 25.5. The Hall–Kier alpha value is -1.63. The second-order valence-electron chi connectivity index (χ2n) is 6.42. The van der Waals surface area contributed by atoms with Gasteiger partial charge in [-0.2, -0.15) is 0 Å². The molecular weight excluding hydrogens is 340 g/mol. The maximum Gasteiger partial charge on any atom is 0.238 e.